The Bertz CT molecular complexity index is 989. The van der Waals surface area contributed by atoms with E-state index >= 15 is 0 Å². The summed E-state index contributed by atoms with van der Waals surface area (Å²) in [6, 6.07) is 20.2. The summed E-state index contributed by atoms with van der Waals surface area (Å²) in [5.41, 5.74) is 2.51. The van der Waals surface area contributed by atoms with Crippen molar-refractivity contribution in [1.82, 2.24) is 5.32 Å². The van der Waals surface area contributed by atoms with Gasteiger partial charge in [0.2, 0.25) is 0 Å². The summed E-state index contributed by atoms with van der Waals surface area (Å²) in [7, 11) is 1.47. The van der Waals surface area contributed by atoms with E-state index in [1.165, 1.54) is 13.2 Å². The van der Waals surface area contributed by atoms with Crippen LogP contribution in [0.15, 0.2) is 72.8 Å². The van der Waals surface area contributed by atoms with E-state index in [0.717, 1.165) is 5.56 Å². The van der Waals surface area contributed by atoms with Gasteiger partial charge in [0.05, 0.1) is 7.11 Å². The molecule has 7 heteroatoms. The number of phenolic OH excluding ortho intramolecular Hbond substituents is 1. The van der Waals surface area contributed by atoms with Gasteiger partial charge in [0.15, 0.2) is 11.5 Å². The fourth-order valence-electron chi connectivity index (χ4n) is 2.64. The molecular formula is C22H21N3O4. The average Bonchev–Trinajstić information content (AvgIpc) is 2.74. The number of nitrogens with one attached hydrogen (secondary N) is 3. The molecule has 0 bridgehead atoms. The molecule has 0 unspecified atom stereocenters. The first-order valence-corrected chi connectivity index (χ1v) is 8.92. The van der Waals surface area contributed by atoms with Gasteiger partial charge in [-0.15, -0.1) is 0 Å². The molecule has 4 N–H and O–H groups in total. The van der Waals surface area contributed by atoms with Gasteiger partial charge in [-0.2, -0.15) is 0 Å². The molecule has 3 aromatic carbocycles. The van der Waals surface area contributed by atoms with Crippen molar-refractivity contribution >= 4 is 23.3 Å². The molecule has 0 aliphatic rings. The maximum Gasteiger partial charge on any atom is 0.323 e. The molecule has 0 atom stereocenters. The van der Waals surface area contributed by atoms with Crippen LogP contribution in [0.4, 0.5) is 16.2 Å². The summed E-state index contributed by atoms with van der Waals surface area (Å²) in [5, 5.41) is 17.9. The SMILES string of the molecule is COc1cc(CNC(=O)c2ccc(NC(=O)Nc3ccccc3)cc2)ccc1O. The summed E-state index contributed by atoms with van der Waals surface area (Å²) < 4.78 is 5.06. The Hall–Kier alpha value is -4.00. The number of carbonyl (C=O) groups is 2. The first-order chi connectivity index (χ1) is 14.0. The van der Waals surface area contributed by atoms with E-state index in [1.807, 2.05) is 18.2 Å². The minimum absolute atomic E-state index is 0.0435. The van der Waals surface area contributed by atoms with Gasteiger partial charge in [-0.25, -0.2) is 4.79 Å². The molecule has 3 amide bonds. The van der Waals surface area contributed by atoms with Crippen LogP contribution in [0, 0.1) is 0 Å². The molecule has 0 saturated heterocycles. The zero-order valence-electron chi connectivity index (χ0n) is 15.8. The minimum Gasteiger partial charge on any atom is -0.504 e. The Morgan fingerprint density at radius 3 is 2.21 bits per heavy atom. The van der Waals surface area contributed by atoms with Crippen LogP contribution >= 0.6 is 0 Å². The van der Waals surface area contributed by atoms with Gasteiger partial charge in [-0.05, 0) is 54.1 Å². The third-order valence-electron chi connectivity index (χ3n) is 4.13. The van der Waals surface area contributed by atoms with Crippen LogP contribution in [0.25, 0.3) is 0 Å². The van der Waals surface area contributed by atoms with Crippen molar-refractivity contribution < 1.29 is 19.4 Å². The molecule has 3 rings (SSSR count). The predicted molar refractivity (Wildman–Crippen MR) is 111 cm³/mol. The van der Waals surface area contributed by atoms with Crippen LogP contribution in [-0.2, 0) is 6.54 Å². The van der Waals surface area contributed by atoms with Crippen molar-refractivity contribution in [2.24, 2.45) is 0 Å². The number of hydrogen-bond acceptors (Lipinski definition) is 4. The lowest BCUT2D eigenvalue weighted by molar-refractivity contribution is 0.0951. The Morgan fingerprint density at radius 1 is 0.897 bits per heavy atom. The quantitative estimate of drug-likeness (QED) is 0.511. The van der Waals surface area contributed by atoms with Crippen molar-refractivity contribution in [1.29, 1.82) is 0 Å². The minimum atomic E-state index is -0.366. The van der Waals surface area contributed by atoms with Gasteiger partial charge in [-0.1, -0.05) is 24.3 Å². The summed E-state index contributed by atoms with van der Waals surface area (Å²) in [4.78, 5) is 24.3. The second-order valence-electron chi connectivity index (χ2n) is 6.21. The summed E-state index contributed by atoms with van der Waals surface area (Å²) in [5.74, 6) is 0.139. The molecular weight excluding hydrogens is 370 g/mol. The van der Waals surface area contributed by atoms with Gasteiger partial charge >= 0.3 is 6.03 Å². The number of urea groups is 1. The van der Waals surface area contributed by atoms with Crippen molar-refractivity contribution in [3.8, 4) is 11.5 Å². The largest absolute Gasteiger partial charge is 0.504 e. The Labute approximate surface area is 168 Å². The number of methoxy groups -OCH3 is 1. The lowest BCUT2D eigenvalue weighted by Crippen LogP contribution is -2.23. The molecule has 3 aromatic rings. The van der Waals surface area contributed by atoms with Gasteiger partial charge < -0.3 is 25.8 Å². The molecule has 148 valence electrons. The molecule has 29 heavy (non-hydrogen) atoms. The van der Waals surface area contributed by atoms with Crippen LogP contribution in [0.1, 0.15) is 15.9 Å². The van der Waals surface area contributed by atoms with Crippen LogP contribution in [0.2, 0.25) is 0 Å². The maximum atomic E-state index is 12.3. The van der Waals surface area contributed by atoms with Crippen LogP contribution < -0.4 is 20.7 Å². The number of ether oxygens (including phenoxy) is 1. The second kappa shape index (κ2) is 9.27. The number of aromatic hydroxyl groups is 1. The first kappa shape index (κ1) is 19.8. The zero-order chi connectivity index (χ0) is 20.6. The van der Waals surface area contributed by atoms with Crippen LogP contribution in [0.5, 0.6) is 11.5 Å². The van der Waals surface area contributed by atoms with Crippen LogP contribution in [-0.4, -0.2) is 24.2 Å². The third kappa shape index (κ3) is 5.49. The Kier molecular flexibility index (Phi) is 6.32. The van der Waals surface area contributed by atoms with E-state index < -0.39 is 0 Å². The zero-order valence-corrected chi connectivity index (χ0v) is 15.8. The third-order valence-corrected chi connectivity index (χ3v) is 4.13. The highest BCUT2D eigenvalue weighted by molar-refractivity contribution is 6.00. The molecule has 0 saturated carbocycles. The monoisotopic (exact) mass is 391 g/mol. The van der Waals surface area contributed by atoms with E-state index in [-0.39, 0.29) is 24.2 Å². The normalized spacial score (nSPS) is 10.1. The van der Waals surface area contributed by atoms with Gasteiger partial charge in [0.1, 0.15) is 0 Å². The molecule has 7 nitrogen and oxygen atoms in total. The van der Waals surface area contributed by atoms with Gasteiger partial charge in [0, 0.05) is 23.5 Å². The number of carbonyl (C=O) groups excluding carboxylic acids is 2. The highest BCUT2D eigenvalue weighted by Gasteiger charge is 2.08. The van der Waals surface area contributed by atoms with E-state index in [0.29, 0.717) is 22.7 Å². The number of phenols is 1. The number of para-hydroxylation sites is 1. The predicted octanol–water partition coefficient (Wildman–Crippen LogP) is 3.97. The van der Waals surface area contributed by atoms with Crippen molar-refractivity contribution in [3.63, 3.8) is 0 Å². The number of hydrogen-bond donors (Lipinski definition) is 4. The molecule has 0 spiro atoms. The molecule has 0 fully saturated rings. The fraction of sp³-hybridized carbons (Fsp3) is 0.0909. The van der Waals surface area contributed by atoms with E-state index in [2.05, 4.69) is 16.0 Å². The highest BCUT2D eigenvalue weighted by atomic mass is 16.5. The van der Waals surface area contributed by atoms with Crippen molar-refractivity contribution in [2.45, 2.75) is 6.54 Å². The fourth-order valence-corrected chi connectivity index (χ4v) is 2.64. The van der Waals surface area contributed by atoms with Crippen molar-refractivity contribution in [2.75, 3.05) is 17.7 Å². The molecule has 0 heterocycles. The molecule has 0 aromatic heterocycles. The maximum absolute atomic E-state index is 12.3. The van der Waals surface area contributed by atoms with E-state index in [4.69, 9.17) is 4.74 Å². The lowest BCUT2D eigenvalue weighted by Gasteiger charge is -2.10. The smallest absolute Gasteiger partial charge is 0.323 e. The standard InChI is InChI=1S/C22H21N3O4/c1-29-20-13-15(7-12-19(20)26)14-23-21(27)16-8-10-18(11-9-16)25-22(28)24-17-5-3-2-4-6-17/h2-13,26H,14H2,1H3,(H,23,27)(H2,24,25,28). The van der Waals surface area contributed by atoms with E-state index in [9.17, 15) is 14.7 Å². The summed E-state index contributed by atoms with van der Waals surface area (Å²) in [6.45, 7) is 0.287. The van der Waals surface area contributed by atoms with Gasteiger partial charge in [-0.3, -0.25) is 4.79 Å². The van der Waals surface area contributed by atoms with E-state index in [1.54, 1.807) is 48.5 Å². The van der Waals surface area contributed by atoms with Crippen molar-refractivity contribution in [3.05, 3.63) is 83.9 Å². The second-order valence-corrected chi connectivity index (χ2v) is 6.21. The Balaban J connectivity index is 1.54. The summed E-state index contributed by atoms with van der Waals surface area (Å²) >= 11 is 0. The van der Waals surface area contributed by atoms with Gasteiger partial charge in [0.25, 0.3) is 5.91 Å². The lowest BCUT2D eigenvalue weighted by atomic mass is 10.1. The van der Waals surface area contributed by atoms with Crippen LogP contribution in [0.3, 0.4) is 0 Å². The highest BCUT2D eigenvalue weighted by Crippen LogP contribution is 2.26. The average molecular weight is 391 g/mol. The number of benzene rings is 3. The number of anilines is 2. The first-order valence-electron chi connectivity index (χ1n) is 8.92. The Morgan fingerprint density at radius 2 is 1.55 bits per heavy atom. The number of rotatable bonds is 6. The molecule has 0 aliphatic heterocycles. The molecule has 0 radical (unpaired) electrons. The molecule has 0 aliphatic carbocycles. The number of amides is 3. The topological polar surface area (TPSA) is 99.7 Å². The summed E-state index contributed by atoms with van der Waals surface area (Å²) in [6.07, 6.45) is 0.